The van der Waals surface area contributed by atoms with Gasteiger partial charge in [-0.15, -0.1) is 15.3 Å². The minimum absolute atomic E-state index is 0.0293. The van der Waals surface area contributed by atoms with Crippen LogP contribution >= 0.6 is 11.6 Å². The number of carbonyl (C=O) groups excluding carboxylic acids is 1. The molecular weight excluding hydrogens is 337 g/mol. The van der Waals surface area contributed by atoms with Gasteiger partial charge in [-0.05, 0) is 19.1 Å². The van der Waals surface area contributed by atoms with E-state index in [1.807, 2.05) is 6.92 Å². The maximum absolute atomic E-state index is 14.0. The van der Waals surface area contributed by atoms with Crippen LogP contribution in [0.1, 0.15) is 16.3 Å². The lowest BCUT2D eigenvalue weighted by Crippen LogP contribution is -2.27. The first-order valence-corrected chi connectivity index (χ1v) is 7.43. The van der Waals surface area contributed by atoms with Crippen LogP contribution in [-0.2, 0) is 6.54 Å². The van der Waals surface area contributed by atoms with Crippen LogP contribution in [0.25, 0.3) is 5.69 Å². The van der Waals surface area contributed by atoms with E-state index in [0.29, 0.717) is 13.1 Å². The number of halogens is 2. The fourth-order valence-electron chi connectivity index (χ4n) is 2.07. The molecule has 2 aromatic heterocycles. The quantitative estimate of drug-likeness (QED) is 0.751. The molecule has 0 bridgehead atoms. The minimum atomic E-state index is -0.626. The molecule has 1 aromatic carbocycles. The molecule has 2 heterocycles. The molecule has 0 spiro atoms. The molecule has 0 aliphatic rings. The smallest absolute Gasteiger partial charge is 0.273 e. The van der Waals surface area contributed by atoms with Crippen LogP contribution in [-0.4, -0.2) is 42.2 Å². The largest absolute Gasteiger partial charge is 0.349 e. The second-order valence-corrected chi connectivity index (χ2v) is 5.36. The summed E-state index contributed by atoms with van der Waals surface area (Å²) in [5.41, 5.74) is 0.198. The van der Waals surface area contributed by atoms with Gasteiger partial charge in [-0.2, -0.15) is 0 Å². The Labute approximate surface area is 141 Å². The van der Waals surface area contributed by atoms with Crippen LogP contribution in [0.3, 0.4) is 0 Å². The van der Waals surface area contributed by atoms with E-state index >= 15 is 0 Å². The number of aromatic nitrogens is 6. The Morgan fingerprint density at radius 3 is 2.96 bits per heavy atom. The number of amides is 1. The molecule has 0 saturated heterocycles. The Bertz CT molecular complexity index is 876. The van der Waals surface area contributed by atoms with Crippen molar-refractivity contribution >= 4 is 17.5 Å². The molecule has 24 heavy (non-hydrogen) atoms. The highest BCUT2D eigenvalue weighted by atomic mass is 35.5. The highest BCUT2D eigenvalue weighted by Gasteiger charge is 2.14. The van der Waals surface area contributed by atoms with E-state index in [-0.39, 0.29) is 16.4 Å². The minimum Gasteiger partial charge on any atom is -0.349 e. The van der Waals surface area contributed by atoms with Gasteiger partial charge < -0.3 is 9.88 Å². The fraction of sp³-hybridized carbons (Fsp3) is 0.214. The van der Waals surface area contributed by atoms with Gasteiger partial charge in [0.15, 0.2) is 11.5 Å². The molecule has 3 aromatic rings. The first-order chi connectivity index (χ1) is 11.6. The average Bonchev–Trinajstić information content (AvgIpc) is 3.20. The summed E-state index contributed by atoms with van der Waals surface area (Å²) < 4.78 is 16.9. The molecule has 1 amide bonds. The maximum Gasteiger partial charge on any atom is 0.273 e. The number of nitrogens with one attached hydrogen (secondary N) is 1. The van der Waals surface area contributed by atoms with E-state index in [1.165, 1.54) is 23.0 Å². The predicted octanol–water partition coefficient (Wildman–Crippen LogP) is 1.39. The Balaban J connectivity index is 1.65. The summed E-state index contributed by atoms with van der Waals surface area (Å²) in [6.07, 6.45) is 2.92. The van der Waals surface area contributed by atoms with Crippen molar-refractivity contribution in [2.45, 2.75) is 13.5 Å². The first kappa shape index (κ1) is 16.1. The summed E-state index contributed by atoms with van der Waals surface area (Å²) in [6, 6.07) is 4.51. The lowest BCUT2D eigenvalue weighted by atomic mass is 10.3. The van der Waals surface area contributed by atoms with E-state index in [4.69, 9.17) is 11.6 Å². The summed E-state index contributed by atoms with van der Waals surface area (Å²) in [7, 11) is 0. The summed E-state index contributed by atoms with van der Waals surface area (Å²) in [5.74, 6) is -0.278. The Kier molecular flexibility index (Phi) is 4.52. The molecule has 0 atom stereocenters. The monoisotopic (exact) mass is 349 g/mol. The lowest BCUT2D eigenvalue weighted by molar-refractivity contribution is 0.0947. The van der Waals surface area contributed by atoms with Crippen LogP contribution in [0, 0.1) is 12.7 Å². The van der Waals surface area contributed by atoms with Crippen molar-refractivity contribution < 1.29 is 9.18 Å². The number of carbonyl (C=O) groups is 1. The highest BCUT2D eigenvalue weighted by molar-refractivity contribution is 6.30. The van der Waals surface area contributed by atoms with Gasteiger partial charge >= 0.3 is 0 Å². The van der Waals surface area contributed by atoms with E-state index in [2.05, 4.69) is 25.8 Å². The fourth-order valence-corrected chi connectivity index (χ4v) is 2.24. The maximum atomic E-state index is 14.0. The first-order valence-electron chi connectivity index (χ1n) is 7.05. The number of benzene rings is 1. The van der Waals surface area contributed by atoms with Crippen molar-refractivity contribution in [2.75, 3.05) is 6.54 Å². The summed E-state index contributed by atoms with van der Waals surface area (Å²) in [4.78, 5) is 12.1. The van der Waals surface area contributed by atoms with Gasteiger partial charge in [-0.25, -0.2) is 9.07 Å². The van der Waals surface area contributed by atoms with Crippen LogP contribution in [0.2, 0.25) is 5.02 Å². The summed E-state index contributed by atoms with van der Waals surface area (Å²) >= 11 is 5.73. The molecule has 0 unspecified atom stereocenters. The molecule has 3 rings (SSSR count). The summed E-state index contributed by atoms with van der Waals surface area (Å²) in [6.45, 7) is 2.72. The lowest BCUT2D eigenvalue weighted by Gasteiger charge is -2.05. The zero-order valence-corrected chi connectivity index (χ0v) is 13.4. The number of aryl methyl sites for hydroxylation is 1. The van der Waals surface area contributed by atoms with Crippen molar-refractivity contribution in [1.29, 1.82) is 0 Å². The van der Waals surface area contributed by atoms with Gasteiger partial charge in [-0.1, -0.05) is 22.9 Å². The zero-order valence-electron chi connectivity index (χ0n) is 12.6. The molecule has 0 aliphatic heterocycles. The highest BCUT2D eigenvalue weighted by Crippen LogP contribution is 2.20. The molecule has 0 saturated carbocycles. The molecule has 8 nitrogen and oxygen atoms in total. The number of rotatable bonds is 5. The SMILES string of the molecule is Cc1nncn1CCNC(=O)c1cn(-c2cccc(Cl)c2F)nn1. The second-order valence-electron chi connectivity index (χ2n) is 4.95. The van der Waals surface area contributed by atoms with Crippen molar-refractivity contribution in [2.24, 2.45) is 0 Å². The van der Waals surface area contributed by atoms with Gasteiger partial charge in [-0.3, -0.25) is 4.79 Å². The van der Waals surface area contributed by atoms with Crippen LogP contribution in [0.5, 0.6) is 0 Å². The van der Waals surface area contributed by atoms with E-state index < -0.39 is 11.7 Å². The van der Waals surface area contributed by atoms with E-state index in [1.54, 1.807) is 17.0 Å². The standard InChI is InChI=1S/C14H13ClFN7O/c1-9-19-18-8-22(9)6-5-17-14(24)11-7-23(21-20-11)12-4-2-3-10(15)13(12)16/h2-4,7-8H,5-6H2,1H3,(H,17,24). The normalized spacial score (nSPS) is 10.8. The third-order valence-corrected chi connectivity index (χ3v) is 3.64. The zero-order chi connectivity index (χ0) is 17.1. The van der Waals surface area contributed by atoms with Crippen molar-refractivity contribution in [3.05, 3.63) is 53.1 Å². The van der Waals surface area contributed by atoms with Gasteiger partial charge in [0.05, 0.1) is 11.2 Å². The van der Waals surface area contributed by atoms with Gasteiger partial charge in [0.2, 0.25) is 0 Å². The van der Waals surface area contributed by atoms with Crippen molar-refractivity contribution in [3.63, 3.8) is 0 Å². The Hall–Kier alpha value is -2.81. The topological polar surface area (TPSA) is 90.5 Å². The molecular formula is C14H13ClFN7O. The third kappa shape index (κ3) is 3.25. The Morgan fingerprint density at radius 1 is 1.38 bits per heavy atom. The summed E-state index contributed by atoms with van der Waals surface area (Å²) in [5, 5.41) is 17.8. The molecule has 0 radical (unpaired) electrons. The molecule has 1 N–H and O–H groups in total. The van der Waals surface area contributed by atoms with Gasteiger partial charge in [0, 0.05) is 13.1 Å². The van der Waals surface area contributed by atoms with Crippen LogP contribution in [0.15, 0.2) is 30.7 Å². The molecule has 0 fully saturated rings. The third-order valence-electron chi connectivity index (χ3n) is 3.35. The van der Waals surface area contributed by atoms with Crippen molar-refractivity contribution in [3.8, 4) is 5.69 Å². The molecule has 0 aliphatic carbocycles. The van der Waals surface area contributed by atoms with Gasteiger partial charge in [0.1, 0.15) is 17.8 Å². The second kappa shape index (κ2) is 6.75. The number of nitrogens with zero attached hydrogens (tertiary/aromatic N) is 6. The molecule has 124 valence electrons. The van der Waals surface area contributed by atoms with Crippen LogP contribution < -0.4 is 5.32 Å². The van der Waals surface area contributed by atoms with E-state index in [0.717, 1.165) is 5.82 Å². The average molecular weight is 350 g/mol. The Morgan fingerprint density at radius 2 is 2.21 bits per heavy atom. The van der Waals surface area contributed by atoms with Crippen molar-refractivity contribution in [1.82, 2.24) is 35.1 Å². The van der Waals surface area contributed by atoms with E-state index in [9.17, 15) is 9.18 Å². The van der Waals surface area contributed by atoms with Crippen LogP contribution in [0.4, 0.5) is 4.39 Å². The number of hydrogen-bond acceptors (Lipinski definition) is 5. The predicted molar refractivity (Wildman–Crippen MR) is 83.4 cm³/mol. The molecule has 10 heteroatoms. The number of hydrogen-bond donors (Lipinski definition) is 1. The van der Waals surface area contributed by atoms with Gasteiger partial charge in [0.25, 0.3) is 5.91 Å².